The molecule has 0 bridgehead atoms. The summed E-state index contributed by atoms with van der Waals surface area (Å²) in [6.07, 6.45) is 6.01. The van der Waals surface area contributed by atoms with Crippen LogP contribution in [0.4, 0.5) is 0 Å². The van der Waals surface area contributed by atoms with Gasteiger partial charge in [-0.1, -0.05) is 6.92 Å². The van der Waals surface area contributed by atoms with Crippen LogP contribution in [-0.2, 0) is 13.0 Å². The average molecular weight is 271 g/mol. The molecule has 3 nitrogen and oxygen atoms in total. The SMILES string of the molecule is CCCn1ccnc1CC(N)C1CSCCS1. The summed E-state index contributed by atoms with van der Waals surface area (Å²) in [5.74, 6) is 4.86. The van der Waals surface area contributed by atoms with Gasteiger partial charge in [-0.15, -0.1) is 0 Å². The Kier molecular flexibility index (Phi) is 5.25. The van der Waals surface area contributed by atoms with Gasteiger partial charge in [-0.3, -0.25) is 0 Å². The summed E-state index contributed by atoms with van der Waals surface area (Å²) in [4.78, 5) is 4.44. The van der Waals surface area contributed by atoms with E-state index in [0.717, 1.165) is 25.2 Å². The first-order valence-corrected chi connectivity index (χ1v) is 8.46. The Morgan fingerprint density at radius 3 is 3.18 bits per heavy atom. The van der Waals surface area contributed by atoms with Gasteiger partial charge in [0.25, 0.3) is 0 Å². The lowest BCUT2D eigenvalue weighted by atomic mass is 10.1. The number of thioether (sulfide) groups is 2. The van der Waals surface area contributed by atoms with Crippen molar-refractivity contribution in [2.75, 3.05) is 17.3 Å². The summed E-state index contributed by atoms with van der Waals surface area (Å²) < 4.78 is 2.24. The lowest BCUT2D eigenvalue weighted by Crippen LogP contribution is -2.38. The van der Waals surface area contributed by atoms with E-state index in [1.807, 2.05) is 29.7 Å². The Bertz CT molecular complexity index is 334. The van der Waals surface area contributed by atoms with E-state index in [1.54, 1.807) is 0 Å². The minimum atomic E-state index is 0.241. The summed E-state index contributed by atoms with van der Waals surface area (Å²) in [6.45, 7) is 3.24. The van der Waals surface area contributed by atoms with Gasteiger partial charge in [-0.2, -0.15) is 23.5 Å². The average Bonchev–Trinajstić information content (AvgIpc) is 2.78. The van der Waals surface area contributed by atoms with Gasteiger partial charge >= 0.3 is 0 Å². The van der Waals surface area contributed by atoms with E-state index < -0.39 is 0 Å². The third-order valence-electron chi connectivity index (χ3n) is 3.00. The number of rotatable bonds is 5. The van der Waals surface area contributed by atoms with Crippen LogP contribution < -0.4 is 5.73 Å². The van der Waals surface area contributed by atoms with E-state index in [2.05, 4.69) is 22.7 Å². The van der Waals surface area contributed by atoms with E-state index in [9.17, 15) is 0 Å². The maximum Gasteiger partial charge on any atom is 0.110 e. The van der Waals surface area contributed by atoms with E-state index in [4.69, 9.17) is 5.73 Å². The Morgan fingerprint density at radius 2 is 2.47 bits per heavy atom. The predicted octanol–water partition coefficient (Wildman–Crippen LogP) is 2.01. The minimum absolute atomic E-state index is 0.241. The zero-order valence-corrected chi connectivity index (χ0v) is 12.0. The molecule has 1 aromatic heterocycles. The first-order chi connectivity index (χ1) is 8.31. The molecule has 0 saturated carbocycles. The number of aryl methyl sites for hydroxylation is 1. The maximum atomic E-state index is 6.32. The van der Waals surface area contributed by atoms with Crippen LogP contribution in [0.5, 0.6) is 0 Å². The van der Waals surface area contributed by atoms with Crippen LogP contribution in [-0.4, -0.2) is 38.1 Å². The largest absolute Gasteiger partial charge is 0.335 e. The first-order valence-electron chi connectivity index (χ1n) is 6.26. The Balaban J connectivity index is 1.92. The summed E-state index contributed by atoms with van der Waals surface area (Å²) in [5, 5.41) is 0.598. The highest BCUT2D eigenvalue weighted by atomic mass is 32.2. The fourth-order valence-corrected chi connectivity index (χ4v) is 4.89. The van der Waals surface area contributed by atoms with Crippen LogP contribution in [0.3, 0.4) is 0 Å². The number of imidazole rings is 1. The number of hydrogen-bond donors (Lipinski definition) is 1. The van der Waals surface area contributed by atoms with E-state index in [-0.39, 0.29) is 6.04 Å². The normalized spacial score (nSPS) is 22.6. The number of aromatic nitrogens is 2. The smallest absolute Gasteiger partial charge is 0.110 e. The monoisotopic (exact) mass is 271 g/mol. The van der Waals surface area contributed by atoms with Crippen LogP contribution in [0, 0.1) is 0 Å². The molecule has 5 heteroatoms. The molecule has 0 aromatic carbocycles. The minimum Gasteiger partial charge on any atom is -0.335 e. The van der Waals surface area contributed by atoms with Crippen LogP contribution in [0.1, 0.15) is 19.2 Å². The molecule has 0 aliphatic carbocycles. The van der Waals surface area contributed by atoms with Gasteiger partial charge in [0.1, 0.15) is 5.82 Å². The Hall–Kier alpha value is -0.130. The van der Waals surface area contributed by atoms with Crippen LogP contribution in [0.15, 0.2) is 12.4 Å². The molecule has 0 spiro atoms. The van der Waals surface area contributed by atoms with E-state index in [1.165, 1.54) is 17.3 Å². The van der Waals surface area contributed by atoms with Crippen molar-refractivity contribution in [3.8, 4) is 0 Å². The van der Waals surface area contributed by atoms with Gasteiger partial charge in [0.05, 0.1) is 0 Å². The second kappa shape index (κ2) is 6.71. The van der Waals surface area contributed by atoms with Gasteiger partial charge in [0.15, 0.2) is 0 Å². The van der Waals surface area contributed by atoms with Crippen molar-refractivity contribution in [3.63, 3.8) is 0 Å². The summed E-state index contributed by atoms with van der Waals surface area (Å²) in [6, 6.07) is 0.241. The molecule has 1 saturated heterocycles. The highest BCUT2D eigenvalue weighted by Crippen LogP contribution is 2.26. The molecule has 1 aliphatic heterocycles. The zero-order valence-electron chi connectivity index (χ0n) is 10.3. The molecular formula is C12H21N3S2. The molecule has 1 aliphatic rings. The Labute approximate surface area is 112 Å². The van der Waals surface area contributed by atoms with Gasteiger partial charge in [0.2, 0.25) is 0 Å². The molecule has 2 heterocycles. The van der Waals surface area contributed by atoms with E-state index in [0.29, 0.717) is 5.25 Å². The highest BCUT2D eigenvalue weighted by Gasteiger charge is 2.22. The second-order valence-corrected chi connectivity index (χ2v) is 6.89. The Morgan fingerprint density at radius 1 is 1.59 bits per heavy atom. The third kappa shape index (κ3) is 3.66. The molecule has 2 unspecified atom stereocenters. The summed E-state index contributed by atoms with van der Waals surface area (Å²) in [7, 11) is 0. The van der Waals surface area contributed by atoms with Gasteiger partial charge in [-0.25, -0.2) is 4.98 Å². The van der Waals surface area contributed by atoms with Crippen molar-refractivity contribution in [1.82, 2.24) is 9.55 Å². The summed E-state index contributed by atoms with van der Waals surface area (Å²) >= 11 is 4.06. The van der Waals surface area contributed by atoms with Crippen molar-refractivity contribution in [2.24, 2.45) is 5.73 Å². The molecule has 2 rings (SSSR count). The predicted molar refractivity (Wildman–Crippen MR) is 77.8 cm³/mol. The maximum absolute atomic E-state index is 6.32. The quantitative estimate of drug-likeness (QED) is 0.890. The van der Waals surface area contributed by atoms with E-state index >= 15 is 0 Å². The zero-order chi connectivity index (χ0) is 12.1. The topological polar surface area (TPSA) is 43.8 Å². The second-order valence-electron chi connectivity index (χ2n) is 4.39. The molecule has 0 radical (unpaired) electrons. The number of hydrogen-bond acceptors (Lipinski definition) is 4. The number of nitrogens with zero attached hydrogens (tertiary/aromatic N) is 2. The standard InChI is InChI=1S/C12H21N3S2/c1-2-4-15-5-3-14-12(15)8-10(13)11-9-16-6-7-17-11/h3,5,10-11H,2,4,6-9,13H2,1H3. The van der Waals surface area contributed by atoms with Crippen molar-refractivity contribution < 1.29 is 0 Å². The van der Waals surface area contributed by atoms with Gasteiger partial charge < -0.3 is 10.3 Å². The molecule has 0 amide bonds. The molecule has 17 heavy (non-hydrogen) atoms. The van der Waals surface area contributed by atoms with Crippen LogP contribution in [0.2, 0.25) is 0 Å². The lowest BCUT2D eigenvalue weighted by Gasteiger charge is -2.26. The van der Waals surface area contributed by atoms with Crippen molar-refractivity contribution in [2.45, 2.75) is 37.6 Å². The van der Waals surface area contributed by atoms with Crippen LogP contribution >= 0.6 is 23.5 Å². The molecule has 2 N–H and O–H groups in total. The third-order valence-corrected chi connectivity index (χ3v) is 5.95. The van der Waals surface area contributed by atoms with Gasteiger partial charge in [0, 0.05) is 53.9 Å². The first kappa shape index (κ1) is 13.3. The van der Waals surface area contributed by atoms with Gasteiger partial charge in [-0.05, 0) is 6.42 Å². The highest BCUT2D eigenvalue weighted by molar-refractivity contribution is 8.06. The fraction of sp³-hybridized carbons (Fsp3) is 0.750. The van der Waals surface area contributed by atoms with Crippen molar-refractivity contribution >= 4 is 23.5 Å². The lowest BCUT2D eigenvalue weighted by molar-refractivity contribution is 0.582. The van der Waals surface area contributed by atoms with Crippen LogP contribution in [0.25, 0.3) is 0 Å². The summed E-state index contributed by atoms with van der Waals surface area (Å²) in [5.41, 5.74) is 6.32. The van der Waals surface area contributed by atoms with Crippen molar-refractivity contribution in [1.29, 1.82) is 0 Å². The number of nitrogens with two attached hydrogens (primary N) is 1. The van der Waals surface area contributed by atoms with Crippen molar-refractivity contribution in [3.05, 3.63) is 18.2 Å². The molecule has 1 fully saturated rings. The molecule has 96 valence electrons. The fourth-order valence-electron chi connectivity index (χ4n) is 2.07. The molecular weight excluding hydrogens is 250 g/mol. The molecule has 1 aromatic rings. The molecule has 2 atom stereocenters.